The molecule has 2 fully saturated rings. The van der Waals surface area contributed by atoms with Gasteiger partial charge in [-0.05, 0) is 6.07 Å². The first-order valence-electron chi connectivity index (χ1n) is 6.31. The van der Waals surface area contributed by atoms with Crippen molar-refractivity contribution in [1.82, 2.24) is 5.12 Å². The molecular formula is C13H15FN2O2S. The lowest BCUT2D eigenvalue weighted by molar-refractivity contribution is 0.0462. The van der Waals surface area contributed by atoms with Gasteiger partial charge in [0.2, 0.25) is 0 Å². The van der Waals surface area contributed by atoms with Gasteiger partial charge in [0.05, 0.1) is 0 Å². The molecule has 1 aromatic rings. The third-order valence-corrected chi connectivity index (χ3v) is 4.40. The van der Waals surface area contributed by atoms with Crippen LogP contribution >= 0.6 is 11.8 Å². The summed E-state index contributed by atoms with van der Waals surface area (Å²) in [6.07, 6.45) is -0.894. The van der Waals surface area contributed by atoms with E-state index in [1.807, 2.05) is 36.0 Å². The van der Waals surface area contributed by atoms with E-state index in [4.69, 9.17) is 4.74 Å². The predicted molar refractivity (Wildman–Crippen MR) is 73.0 cm³/mol. The smallest absolute Gasteiger partial charge is 0.438 e. The summed E-state index contributed by atoms with van der Waals surface area (Å²) >= 11 is 1.93. The Hall–Kier alpha value is -1.43. The van der Waals surface area contributed by atoms with Crippen molar-refractivity contribution in [2.45, 2.75) is 6.04 Å². The molecule has 1 amide bonds. The van der Waals surface area contributed by atoms with Gasteiger partial charge in [0.25, 0.3) is 0 Å². The first kappa shape index (κ1) is 12.6. The summed E-state index contributed by atoms with van der Waals surface area (Å²) < 4.78 is 18.5. The Morgan fingerprint density at radius 3 is 2.68 bits per heavy atom. The van der Waals surface area contributed by atoms with Crippen molar-refractivity contribution < 1.29 is 14.0 Å². The Bertz CT molecular complexity index is 479. The molecule has 1 aromatic carbocycles. The van der Waals surface area contributed by atoms with Gasteiger partial charge < -0.3 is 9.64 Å². The molecule has 19 heavy (non-hydrogen) atoms. The van der Waals surface area contributed by atoms with Gasteiger partial charge in [0.1, 0.15) is 12.6 Å². The maximum Gasteiger partial charge on any atom is 0.438 e. The van der Waals surface area contributed by atoms with Crippen LogP contribution in [0.3, 0.4) is 0 Å². The van der Waals surface area contributed by atoms with E-state index >= 15 is 0 Å². The van der Waals surface area contributed by atoms with Crippen LogP contribution in [0, 0.1) is 0 Å². The number of ether oxygens (including phenoxy) is 1. The monoisotopic (exact) mass is 282 g/mol. The SMILES string of the molecule is O=C1OCC(c2ccccc2N2CCSCC2)N1F. The highest BCUT2D eigenvalue weighted by Gasteiger charge is 2.36. The molecule has 0 N–H and O–H groups in total. The third kappa shape index (κ3) is 2.36. The van der Waals surface area contributed by atoms with Gasteiger partial charge in [-0.25, -0.2) is 4.79 Å². The van der Waals surface area contributed by atoms with E-state index in [9.17, 15) is 9.28 Å². The number of thioether (sulfide) groups is 1. The molecule has 0 bridgehead atoms. The second kappa shape index (κ2) is 5.28. The molecule has 0 aromatic heterocycles. The molecular weight excluding hydrogens is 267 g/mol. The summed E-state index contributed by atoms with van der Waals surface area (Å²) in [6, 6.07) is 7.05. The number of nitrogens with zero attached hydrogens (tertiary/aromatic N) is 2. The third-order valence-electron chi connectivity index (χ3n) is 3.46. The highest BCUT2D eigenvalue weighted by molar-refractivity contribution is 7.99. The number of carbonyl (C=O) groups is 1. The average Bonchev–Trinajstić information content (AvgIpc) is 2.80. The summed E-state index contributed by atoms with van der Waals surface area (Å²) in [5.74, 6) is 2.15. The Kier molecular flexibility index (Phi) is 3.50. The molecule has 2 saturated heterocycles. The zero-order chi connectivity index (χ0) is 13.2. The van der Waals surface area contributed by atoms with E-state index in [2.05, 4.69) is 4.90 Å². The van der Waals surface area contributed by atoms with E-state index in [0.29, 0.717) is 0 Å². The first-order valence-corrected chi connectivity index (χ1v) is 7.46. The number of benzene rings is 1. The Morgan fingerprint density at radius 2 is 2.00 bits per heavy atom. The minimum atomic E-state index is -0.894. The van der Waals surface area contributed by atoms with Gasteiger partial charge in [-0.1, -0.05) is 22.7 Å². The molecule has 6 heteroatoms. The van der Waals surface area contributed by atoms with E-state index in [0.717, 1.165) is 35.8 Å². The Labute approximate surface area is 115 Å². The highest BCUT2D eigenvalue weighted by Crippen LogP contribution is 2.35. The number of carbonyl (C=O) groups excluding carboxylic acids is 1. The standard InChI is InChI=1S/C13H15FN2O2S/c14-16-12(9-18-13(16)17)10-3-1-2-4-11(10)15-5-7-19-8-6-15/h1-4,12H,5-9H2. The number of para-hydroxylation sites is 1. The lowest BCUT2D eigenvalue weighted by atomic mass is 10.0. The number of cyclic esters (lactones) is 1. The number of amides is 1. The number of halogens is 1. The summed E-state index contributed by atoms with van der Waals surface area (Å²) in [5, 5.41) is 0.192. The zero-order valence-corrected chi connectivity index (χ0v) is 11.2. The minimum absolute atomic E-state index is 0.0783. The summed E-state index contributed by atoms with van der Waals surface area (Å²) in [6.45, 7) is 1.99. The van der Waals surface area contributed by atoms with E-state index < -0.39 is 12.1 Å². The van der Waals surface area contributed by atoms with Crippen LogP contribution in [0.2, 0.25) is 0 Å². The number of hydrogen-bond acceptors (Lipinski definition) is 4. The van der Waals surface area contributed by atoms with Crippen molar-refractivity contribution in [3.8, 4) is 0 Å². The second-order valence-corrected chi connectivity index (χ2v) is 5.79. The molecule has 0 spiro atoms. The van der Waals surface area contributed by atoms with Crippen LogP contribution in [0.25, 0.3) is 0 Å². The minimum Gasteiger partial charge on any atom is -0.445 e. The molecule has 0 radical (unpaired) electrons. The molecule has 2 aliphatic rings. The molecule has 0 aliphatic carbocycles. The van der Waals surface area contributed by atoms with E-state index in [-0.39, 0.29) is 11.7 Å². The summed E-state index contributed by atoms with van der Waals surface area (Å²) in [5.41, 5.74) is 1.83. The van der Waals surface area contributed by atoms with Gasteiger partial charge in [-0.3, -0.25) is 0 Å². The first-order chi connectivity index (χ1) is 9.27. The lowest BCUT2D eigenvalue weighted by Crippen LogP contribution is -2.34. The van der Waals surface area contributed by atoms with Crippen molar-refractivity contribution in [2.24, 2.45) is 0 Å². The molecule has 0 saturated carbocycles. The molecule has 2 aliphatic heterocycles. The van der Waals surface area contributed by atoms with Crippen LogP contribution in [0.5, 0.6) is 0 Å². The second-order valence-electron chi connectivity index (χ2n) is 4.56. The highest BCUT2D eigenvalue weighted by atomic mass is 32.2. The van der Waals surface area contributed by atoms with Crippen LogP contribution in [0.1, 0.15) is 11.6 Å². The summed E-state index contributed by atoms with van der Waals surface area (Å²) in [4.78, 5) is 13.4. The molecule has 1 unspecified atom stereocenters. The molecule has 2 heterocycles. The van der Waals surface area contributed by atoms with E-state index in [1.165, 1.54) is 0 Å². The van der Waals surface area contributed by atoms with Crippen molar-refractivity contribution in [3.63, 3.8) is 0 Å². The van der Waals surface area contributed by atoms with E-state index in [1.54, 1.807) is 0 Å². The Balaban J connectivity index is 1.90. The predicted octanol–water partition coefficient (Wildman–Crippen LogP) is 2.62. The summed E-state index contributed by atoms with van der Waals surface area (Å²) in [7, 11) is 0. The normalized spacial score (nSPS) is 23.6. The molecule has 1 atom stereocenters. The van der Waals surface area contributed by atoms with Crippen LogP contribution in [-0.4, -0.2) is 42.4 Å². The fraction of sp³-hybridized carbons (Fsp3) is 0.462. The van der Waals surface area contributed by atoms with Crippen molar-refractivity contribution in [2.75, 3.05) is 36.1 Å². The lowest BCUT2D eigenvalue weighted by Gasteiger charge is -2.31. The fourth-order valence-electron chi connectivity index (χ4n) is 2.48. The Morgan fingerprint density at radius 1 is 1.26 bits per heavy atom. The largest absolute Gasteiger partial charge is 0.445 e. The van der Waals surface area contributed by atoms with Crippen LogP contribution in [-0.2, 0) is 4.74 Å². The zero-order valence-electron chi connectivity index (χ0n) is 10.4. The van der Waals surface area contributed by atoms with Crippen molar-refractivity contribution >= 4 is 23.5 Å². The molecule has 4 nitrogen and oxygen atoms in total. The fourth-order valence-corrected chi connectivity index (χ4v) is 3.38. The van der Waals surface area contributed by atoms with Gasteiger partial charge >= 0.3 is 6.09 Å². The topological polar surface area (TPSA) is 32.8 Å². The van der Waals surface area contributed by atoms with Gasteiger partial charge in [-0.2, -0.15) is 11.8 Å². The van der Waals surface area contributed by atoms with Gasteiger partial charge in [-0.15, -0.1) is 5.12 Å². The van der Waals surface area contributed by atoms with Crippen LogP contribution in [0.4, 0.5) is 15.0 Å². The number of anilines is 1. The maximum absolute atomic E-state index is 13.8. The van der Waals surface area contributed by atoms with Crippen molar-refractivity contribution in [3.05, 3.63) is 29.8 Å². The van der Waals surface area contributed by atoms with Crippen LogP contribution in [0.15, 0.2) is 24.3 Å². The van der Waals surface area contributed by atoms with Gasteiger partial charge in [0, 0.05) is 35.8 Å². The average molecular weight is 282 g/mol. The quantitative estimate of drug-likeness (QED) is 0.781. The number of hydrogen-bond donors (Lipinski definition) is 0. The van der Waals surface area contributed by atoms with Crippen molar-refractivity contribution in [1.29, 1.82) is 0 Å². The van der Waals surface area contributed by atoms with Gasteiger partial charge in [0.15, 0.2) is 0 Å². The maximum atomic E-state index is 13.8. The number of rotatable bonds is 2. The molecule has 102 valence electrons. The molecule has 3 rings (SSSR count). The van der Waals surface area contributed by atoms with Crippen LogP contribution < -0.4 is 4.90 Å².